The predicted octanol–water partition coefficient (Wildman–Crippen LogP) is 1.58. The van der Waals surface area contributed by atoms with Crippen molar-refractivity contribution in [3.63, 3.8) is 0 Å². The monoisotopic (exact) mass is 321 g/mol. The summed E-state index contributed by atoms with van der Waals surface area (Å²) in [6, 6.07) is 4.65. The summed E-state index contributed by atoms with van der Waals surface area (Å²) >= 11 is 0. The molecular formula is C16H23N3O4. The van der Waals surface area contributed by atoms with Crippen molar-refractivity contribution in [3.8, 4) is 0 Å². The van der Waals surface area contributed by atoms with Gasteiger partial charge in [0.25, 0.3) is 5.69 Å². The quantitative estimate of drug-likeness (QED) is 0.635. The molecule has 0 bridgehead atoms. The molecule has 1 aliphatic heterocycles. The Balaban J connectivity index is 2.13. The first-order valence-corrected chi connectivity index (χ1v) is 7.73. The number of carbonyl (C=O) groups excluding carboxylic acids is 1. The summed E-state index contributed by atoms with van der Waals surface area (Å²) in [6.07, 6.45) is 0.705. The Morgan fingerprint density at radius 2 is 2.17 bits per heavy atom. The van der Waals surface area contributed by atoms with E-state index in [4.69, 9.17) is 0 Å². The number of aliphatic hydroxyl groups is 1. The van der Waals surface area contributed by atoms with Gasteiger partial charge in [-0.15, -0.1) is 0 Å². The van der Waals surface area contributed by atoms with E-state index in [2.05, 4.69) is 0 Å². The Hall–Kier alpha value is -1.99. The number of rotatable bonds is 6. The maximum absolute atomic E-state index is 12.6. The van der Waals surface area contributed by atoms with E-state index in [1.807, 2.05) is 11.8 Å². The Morgan fingerprint density at radius 1 is 1.48 bits per heavy atom. The fraction of sp³-hybridized carbons (Fsp3) is 0.562. The van der Waals surface area contributed by atoms with Crippen LogP contribution in [0.1, 0.15) is 26.3 Å². The highest BCUT2D eigenvalue weighted by Crippen LogP contribution is 2.31. The van der Waals surface area contributed by atoms with Crippen LogP contribution in [0.25, 0.3) is 0 Å². The van der Waals surface area contributed by atoms with Gasteiger partial charge in [-0.1, -0.05) is 13.0 Å². The summed E-state index contributed by atoms with van der Waals surface area (Å²) in [5, 5.41) is 20.8. The molecule has 0 atom stereocenters. The molecule has 1 amide bonds. The number of nitrogens with zero attached hydrogens (tertiary/aromatic N) is 3. The number of nitro benzene ring substituents is 1. The molecule has 0 spiro atoms. The largest absolute Gasteiger partial charge is 0.389 e. The van der Waals surface area contributed by atoms with E-state index in [-0.39, 0.29) is 18.1 Å². The van der Waals surface area contributed by atoms with Gasteiger partial charge in [0.2, 0.25) is 5.91 Å². The molecule has 0 saturated carbocycles. The second kappa shape index (κ2) is 6.64. The van der Waals surface area contributed by atoms with E-state index in [0.717, 1.165) is 5.56 Å². The molecule has 0 aromatic heterocycles. The highest BCUT2D eigenvalue weighted by molar-refractivity contribution is 5.97. The summed E-state index contributed by atoms with van der Waals surface area (Å²) in [6.45, 7) is 7.10. The molecule has 1 aromatic carbocycles. The Morgan fingerprint density at radius 3 is 2.74 bits per heavy atom. The number of fused-ring (bicyclic) bond motifs is 1. The number of amides is 1. The molecule has 0 aliphatic carbocycles. The van der Waals surface area contributed by atoms with Crippen molar-refractivity contribution in [1.29, 1.82) is 0 Å². The SMILES string of the molecule is CCN(CC(=O)N1CCc2ccc([N+](=O)[O-])cc21)CC(C)(C)O. The molecule has 23 heavy (non-hydrogen) atoms. The van der Waals surface area contributed by atoms with Gasteiger partial charge in [-0.2, -0.15) is 0 Å². The average Bonchev–Trinajstić information content (AvgIpc) is 2.87. The molecule has 7 nitrogen and oxygen atoms in total. The third kappa shape index (κ3) is 4.27. The molecule has 1 aromatic rings. The van der Waals surface area contributed by atoms with Crippen molar-refractivity contribution in [1.82, 2.24) is 4.90 Å². The summed E-state index contributed by atoms with van der Waals surface area (Å²) in [5.74, 6) is -0.102. The number of non-ortho nitro benzene ring substituents is 1. The van der Waals surface area contributed by atoms with Crippen LogP contribution in [-0.2, 0) is 11.2 Å². The number of anilines is 1. The number of hydrogen-bond donors (Lipinski definition) is 1. The van der Waals surface area contributed by atoms with Gasteiger partial charge in [-0.25, -0.2) is 0 Å². The molecule has 0 radical (unpaired) electrons. The second-order valence-electron chi connectivity index (χ2n) is 6.48. The van der Waals surface area contributed by atoms with Gasteiger partial charge in [0.05, 0.1) is 22.8 Å². The van der Waals surface area contributed by atoms with E-state index < -0.39 is 10.5 Å². The lowest BCUT2D eigenvalue weighted by atomic mass is 10.1. The Kier molecular flexibility index (Phi) is 5.01. The van der Waals surface area contributed by atoms with Crippen molar-refractivity contribution in [2.45, 2.75) is 32.8 Å². The summed E-state index contributed by atoms with van der Waals surface area (Å²) in [5.41, 5.74) is 0.697. The van der Waals surface area contributed by atoms with E-state index in [0.29, 0.717) is 31.7 Å². The minimum absolute atomic E-state index is 0.00714. The highest BCUT2D eigenvalue weighted by Gasteiger charge is 2.28. The first-order valence-electron chi connectivity index (χ1n) is 7.73. The molecule has 1 N–H and O–H groups in total. The number of likely N-dealkylation sites (N-methyl/N-ethyl adjacent to an activating group) is 1. The van der Waals surface area contributed by atoms with Gasteiger partial charge in [0, 0.05) is 25.2 Å². The van der Waals surface area contributed by atoms with Crippen LogP contribution in [0.2, 0.25) is 0 Å². The van der Waals surface area contributed by atoms with Crippen LogP contribution in [0.5, 0.6) is 0 Å². The van der Waals surface area contributed by atoms with Gasteiger partial charge >= 0.3 is 0 Å². The van der Waals surface area contributed by atoms with Crippen LogP contribution >= 0.6 is 0 Å². The molecule has 1 heterocycles. The molecule has 0 fully saturated rings. The van der Waals surface area contributed by atoms with Crippen LogP contribution in [0.3, 0.4) is 0 Å². The normalized spacial score (nSPS) is 14.2. The van der Waals surface area contributed by atoms with Crippen molar-refractivity contribution >= 4 is 17.3 Å². The van der Waals surface area contributed by atoms with Gasteiger partial charge in [-0.05, 0) is 32.4 Å². The van der Waals surface area contributed by atoms with Crippen molar-refractivity contribution in [2.75, 3.05) is 31.1 Å². The van der Waals surface area contributed by atoms with Crippen LogP contribution in [-0.4, -0.2) is 52.6 Å². The third-order valence-corrected chi connectivity index (χ3v) is 3.89. The Bertz CT molecular complexity index is 610. The number of carbonyl (C=O) groups is 1. The minimum atomic E-state index is -0.877. The zero-order valence-corrected chi connectivity index (χ0v) is 13.8. The van der Waals surface area contributed by atoms with E-state index in [9.17, 15) is 20.0 Å². The van der Waals surface area contributed by atoms with Gasteiger partial charge in [0.1, 0.15) is 0 Å². The molecule has 126 valence electrons. The number of benzene rings is 1. The van der Waals surface area contributed by atoms with Crippen molar-refractivity contribution in [3.05, 3.63) is 33.9 Å². The summed E-state index contributed by atoms with van der Waals surface area (Å²) in [4.78, 5) is 26.5. The first-order chi connectivity index (χ1) is 10.7. The van der Waals surface area contributed by atoms with Crippen LogP contribution in [0.15, 0.2) is 18.2 Å². The van der Waals surface area contributed by atoms with E-state index >= 15 is 0 Å². The maximum Gasteiger partial charge on any atom is 0.271 e. The summed E-state index contributed by atoms with van der Waals surface area (Å²) in [7, 11) is 0. The van der Waals surface area contributed by atoms with Gasteiger partial charge in [-0.3, -0.25) is 19.8 Å². The lowest BCUT2D eigenvalue weighted by molar-refractivity contribution is -0.384. The number of hydrogen-bond acceptors (Lipinski definition) is 5. The van der Waals surface area contributed by atoms with Crippen LogP contribution < -0.4 is 4.90 Å². The van der Waals surface area contributed by atoms with Gasteiger partial charge in [0.15, 0.2) is 0 Å². The highest BCUT2D eigenvalue weighted by atomic mass is 16.6. The van der Waals surface area contributed by atoms with Crippen LogP contribution in [0, 0.1) is 10.1 Å². The molecule has 2 rings (SSSR count). The van der Waals surface area contributed by atoms with E-state index in [1.165, 1.54) is 12.1 Å². The topological polar surface area (TPSA) is 86.9 Å². The lowest BCUT2D eigenvalue weighted by Crippen LogP contribution is -2.45. The molecule has 0 saturated heterocycles. The molecule has 0 unspecified atom stereocenters. The fourth-order valence-electron chi connectivity index (χ4n) is 2.84. The summed E-state index contributed by atoms with van der Waals surface area (Å²) < 4.78 is 0. The molecule has 7 heteroatoms. The maximum atomic E-state index is 12.6. The number of nitro groups is 1. The lowest BCUT2D eigenvalue weighted by Gasteiger charge is -2.29. The zero-order valence-electron chi connectivity index (χ0n) is 13.8. The van der Waals surface area contributed by atoms with Crippen molar-refractivity contribution < 1.29 is 14.8 Å². The predicted molar refractivity (Wildman–Crippen MR) is 87.6 cm³/mol. The fourth-order valence-corrected chi connectivity index (χ4v) is 2.84. The van der Waals surface area contributed by atoms with Crippen molar-refractivity contribution in [2.24, 2.45) is 0 Å². The average molecular weight is 321 g/mol. The standard InChI is InChI=1S/C16H23N3O4/c1-4-17(11-16(2,3)21)10-15(20)18-8-7-12-5-6-13(19(22)23)9-14(12)18/h5-6,9,21H,4,7-8,10-11H2,1-3H3. The zero-order chi connectivity index (χ0) is 17.2. The smallest absolute Gasteiger partial charge is 0.271 e. The molecular weight excluding hydrogens is 298 g/mol. The molecule has 1 aliphatic rings. The van der Waals surface area contributed by atoms with Gasteiger partial charge < -0.3 is 10.0 Å². The minimum Gasteiger partial charge on any atom is -0.389 e. The van der Waals surface area contributed by atoms with Crippen LogP contribution in [0.4, 0.5) is 11.4 Å². The second-order valence-corrected chi connectivity index (χ2v) is 6.48. The Labute approximate surface area is 135 Å². The van der Waals surface area contributed by atoms with E-state index in [1.54, 1.807) is 24.8 Å². The third-order valence-electron chi connectivity index (χ3n) is 3.89. The first kappa shape index (κ1) is 17.4.